The minimum Gasteiger partial charge on any atom is -0.405 e. The van der Waals surface area contributed by atoms with Gasteiger partial charge in [-0.1, -0.05) is 19.9 Å². The number of benzene rings is 1. The number of halogens is 4. The van der Waals surface area contributed by atoms with Crippen LogP contribution in [0.3, 0.4) is 0 Å². The Morgan fingerprint density at radius 1 is 1.13 bits per heavy atom. The maximum Gasteiger partial charge on any atom is 0.573 e. The summed E-state index contributed by atoms with van der Waals surface area (Å²) in [6.07, 6.45) is -4.78. The average molecular weight is 224 g/mol. The zero-order valence-electron chi connectivity index (χ0n) is 8.65. The smallest absolute Gasteiger partial charge is 0.405 e. The zero-order chi connectivity index (χ0) is 12.1. The number of rotatable bonds is 1. The number of alkyl halides is 3. The standard InChI is InChI=1S/C8H6F4O.C2H6/c1-5-2-3-6(9)4-7(5)13-8(10,11)12;1-2/h2-4H,1H3;1-2H3. The van der Waals surface area contributed by atoms with E-state index in [2.05, 4.69) is 4.74 Å². The van der Waals surface area contributed by atoms with Crippen molar-refractivity contribution in [2.75, 3.05) is 0 Å². The van der Waals surface area contributed by atoms with Crippen LogP contribution in [0.4, 0.5) is 17.6 Å². The van der Waals surface area contributed by atoms with Gasteiger partial charge in [0.15, 0.2) is 0 Å². The van der Waals surface area contributed by atoms with Gasteiger partial charge in [-0.05, 0) is 18.6 Å². The van der Waals surface area contributed by atoms with Crippen molar-refractivity contribution in [3.63, 3.8) is 0 Å². The lowest BCUT2D eigenvalue weighted by Gasteiger charge is -2.10. The molecular formula is C10H12F4O. The quantitative estimate of drug-likeness (QED) is 0.653. The fourth-order valence-corrected chi connectivity index (χ4v) is 0.809. The van der Waals surface area contributed by atoms with Gasteiger partial charge in [0.1, 0.15) is 11.6 Å². The van der Waals surface area contributed by atoms with E-state index in [-0.39, 0.29) is 5.56 Å². The first-order valence-electron chi connectivity index (χ1n) is 4.40. The molecule has 1 rings (SSSR count). The lowest BCUT2D eigenvalue weighted by molar-refractivity contribution is -0.274. The van der Waals surface area contributed by atoms with Gasteiger partial charge in [0.05, 0.1) is 0 Å². The largest absolute Gasteiger partial charge is 0.573 e. The van der Waals surface area contributed by atoms with Crippen LogP contribution in [0.1, 0.15) is 19.4 Å². The summed E-state index contributed by atoms with van der Waals surface area (Å²) in [6.45, 7) is 5.40. The highest BCUT2D eigenvalue weighted by Gasteiger charge is 2.31. The normalized spacial score (nSPS) is 10.3. The molecule has 0 bridgehead atoms. The first kappa shape index (κ1) is 13.7. The molecule has 0 saturated carbocycles. The third kappa shape index (κ3) is 5.24. The van der Waals surface area contributed by atoms with Crippen LogP contribution in [0.15, 0.2) is 18.2 Å². The summed E-state index contributed by atoms with van der Waals surface area (Å²) in [4.78, 5) is 0. The van der Waals surface area contributed by atoms with E-state index in [0.29, 0.717) is 6.07 Å². The van der Waals surface area contributed by atoms with Crippen molar-refractivity contribution >= 4 is 0 Å². The second-order valence-electron chi connectivity index (χ2n) is 2.46. The highest BCUT2D eigenvalue weighted by atomic mass is 19.4. The molecule has 0 fully saturated rings. The van der Waals surface area contributed by atoms with Gasteiger partial charge in [-0.25, -0.2) is 4.39 Å². The fourth-order valence-electron chi connectivity index (χ4n) is 0.809. The molecule has 0 amide bonds. The summed E-state index contributed by atoms with van der Waals surface area (Å²) in [5.74, 6) is -1.27. The topological polar surface area (TPSA) is 9.23 Å². The van der Waals surface area contributed by atoms with Gasteiger partial charge in [0, 0.05) is 6.07 Å². The second-order valence-corrected chi connectivity index (χ2v) is 2.46. The summed E-state index contributed by atoms with van der Waals surface area (Å²) in [7, 11) is 0. The molecule has 0 aliphatic carbocycles. The van der Waals surface area contributed by atoms with Crippen molar-refractivity contribution < 1.29 is 22.3 Å². The van der Waals surface area contributed by atoms with Gasteiger partial charge >= 0.3 is 6.36 Å². The third-order valence-electron chi connectivity index (χ3n) is 1.38. The van der Waals surface area contributed by atoms with E-state index < -0.39 is 17.9 Å². The van der Waals surface area contributed by atoms with E-state index in [9.17, 15) is 17.6 Å². The Hall–Kier alpha value is -1.26. The van der Waals surface area contributed by atoms with Crippen LogP contribution in [0, 0.1) is 12.7 Å². The molecule has 1 nitrogen and oxygen atoms in total. The molecule has 0 atom stereocenters. The minimum absolute atomic E-state index is 0.235. The molecule has 1 aromatic carbocycles. The monoisotopic (exact) mass is 224 g/mol. The van der Waals surface area contributed by atoms with E-state index in [0.717, 1.165) is 6.07 Å². The number of hydrogen-bond donors (Lipinski definition) is 0. The lowest BCUT2D eigenvalue weighted by atomic mass is 10.2. The Kier molecular flexibility index (Phi) is 5.11. The molecule has 0 radical (unpaired) electrons. The minimum atomic E-state index is -4.78. The van der Waals surface area contributed by atoms with Gasteiger partial charge in [0.2, 0.25) is 0 Å². The van der Waals surface area contributed by atoms with Crippen molar-refractivity contribution in [2.24, 2.45) is 0 Å². The van der Waals surface area contributed by atoms with Crippen LogP contribution < -0.4 is 4.74 Å². The Bertz CT molecular complexity index is 307. The van der Waals surface area contributed by atoms with Crippen LogP contribution >= 0.6 is 0 Å². The fraction of sp³-hybridized carbons (Fsp3) is 0.400. The summed E-state index contributed by atoms with van der Waals surface area (Å²) >= 11 is 0. The van der Waals surface area contributed by atoms with E-state index in [1.807, 2.05) is 13.8 Å². The van der Waals surface area contributed by atoms with Gasteiger partial charge in [-0.2, -0.15) is 0 Å². The molecule has 0 heterocycles. The van der Waals surface area contributed by atoms with Crippen molar-refractivity contribution in [1.82, 2.24) is 0 Å². The number of aryl methyl sites for hydroxylation is 1. The van der Waals surface area contributed by atoms with Crippen molar-refractivity contribution in [3.8, 4) is 5.75 Å². The maximum absolute atomic E-state index is 12.5. The molecule has 0 aliphatic heterocycles. The van der Waals surface area contributed by atoms with E-state index in [1.165, 1.54) is 13.0 Å². The molecule has 0 N–H and O–H groups in total. The van der Waals surface area contributed by atoms with Gasteiger partial charge < -0.3 is 4.74 Å². The van der Waals surface area contributed by atoms with E-state index in [4.69, 9.17) is 0 Å². The van der Waals surface area contributed by atoms with Crippen LogP contribution in [-0.4, -0.2) is 6.36 Å². The molecule has 0 unspecified atom stereocenters. The van der Waals surface area contributed by atoms with E-state index >= 15 is 0 Å². The molecule has 0 saturated heterocycles. The molecular weight excluding hydrogens is 212 g/mol. The molecule has 86 valence electrons. The predicted octanol–water partition coefficient (Wildman–Crippen LogP) is 4.06. The Labute approximate surface area is 85.7 Å². The lowest BCUT2D eigenvalue weighted by Crippen LogP contribution is -2.17. The molecule has 0 aromatic heterocycles. The van der Waals surface area contributed by atoms with Crippen molar-refractivity contribution in [2.45, 2.75) is 27.1 Å². The molecule has 0 aliphatic rings. The summed E-state index contributed by atoms with van der Waals surface area (Å²) in [6, 6.07) is 2.98. The highest BCUT2D eigenvalue weighted by molar-refractivity contribution is 5.32. The van der Waals surface area contributed by atoms with Crippen LogP contribution in [0.2, 0.25) is 0 Å². The Morgan fingerprint density at radius 3 is 2.13 bits per heavy atom. The van der Waals surface area contributed by atoms with Crippen LogP contribution in [0.25, 0.3) is 0 Å². The van der Waals surface area contributed by atoms with E-state index in [1.54, 1.807) is 0 Å². The average Bonchev–Trinajstić information content (AvgIpc) is 2.12. The zero-order valence-corrected chi connectivity index (χ0v) is 8.65. The summed E-state index contributed by atoms with van der Waals surface area (Å²) in [5, 5.41) is 0. The SMILES string of the molecule is CC.Cc1ccc(F)cc1OC(F)(F)F. The van der Waals surface area contributed by atoms with Crippen molar-refractivity contribution in [3.05, 3.63) is 29.6 Å². The molecule has 1 aromatic rings. The molecule has 0 spiro atoms. The van der Waals surface area contributed by atoms with Crippen LogP contribution in [-0.2, 0) is 0 Å². The first-order chi connectivity index (χ1) is 6.88. The molecule has 5 heteroatoms. The summed E-state index contributed by atoms with van der Waals surface area (Å²) in [5.41, 5.74) is 0.235. The van der Waals surface area contributed by atoms with Crippen molar-refractivity contribution in [1.29, 1.82) is 0 Å². The Morgan fingerprint density at radius 2 is 1.67 bits per heavy atom. The Balaban J connectivity index is 0.000000921. The number of ether oxygens (including phenoxy) is 1. The van der Waals surface area contributed by atoms with Gasteiger partial charge in [0.25, 0.3) is 0 Å². The predicted molar refractivity (Wildman–Crippen MR) is 49.2 cm³/mol. The summed E-state index contributed by atoms with van der Waals surface area (Å²) < 4.78 is 51.2. The van der Waals surface area contributed by atoms with Gasteiger partial charge in [-0.15, -0.1) is 13.2 Å². The number of hydrogen-bond acceptors (Lipinski definition) is 1. The second kappa shape index (κ2) is 5.58. The maximum atomic E-state index is 12.5. The first-order valence-corrected chi connectivity index (χ1v) is 4.40. The van der Waals surface area contributed by atoms with Gasteiger partial charge in [-0.3, -0.25) is 0 Å². The highest BCUT2D eigenvalue weighted by Crippen LogP contribution is 2.26. The third-order valence-corrected chi connectivity index (χ3v) is 1.38. The molecule has 15 heavy (non-hydrogen) atoms. The van der Waals surface area contributed by atoms with Crippen LogP contribution in [0.5, 0.6) is 5.75 Å².